The van der Waals surface area contributed by atoms with Gasteiger partial charge < -0.3 is 10.1 Å². The molecule has 2 atom stereocenters. The van der Waals surface area contributed by atoms with E-state index in [1.165, 1.54) is 6.42 Å². The Hall–Kier alpha value is -0.220. The highest BCUT2D eigenvalue weighted by Crippen LogP contribution is 2.19. The molecule has 14 heavy (non-hydrogen) atoms. The molecule has 0 aromatic heterocycles. The van der Waals surface area contributed by atoms with Gasteiger partial charge in [0.25, 0.3) is 0 Å². The van der Waals surface area contributed by atoms with Crippen molar-refractivity contribution < 1.29 is 4.74 Å². The van der Waals surface area contributed by atoms with Crippen LogP contribution in [0.3, 0.4) is 0 Å². The van der Waals surface area contributed by atoms with Crippen molar-refractivity contribution in [2.75, 3.05) is 20.3 Å². The number of methoxy groups -OCH3 is 1. The first-order chi connectivity index (χ1) is 6.76. The molecule has 1 rings (SSSR count). The highest BCUT2D eigenvalue weighted by atomic mass is 32.2. The standard InChI is InChI=1S/C10H20N2OS/c1-4-5-9(7-13-3)12-10-11-6-8(2)14-10/h8-9H,4-7H2,1-3H3,(H,11,12). The van der Waals surface area contributed by atoms with Crippen molar-refractivity contribution >= 4 is 16.9 Å². The number of aliphatic imine (C=N–C) groups is 1. The second-order valence-corrected chi connectivity index (χ2v) is 5.09. The van der Waals surface area contributed by atoms with Gasteiger partial charge in [0.1, 0.15) is 0 Å². The minimum absolute atomic E-state index is 0.418. The molecule has 0 saturated carbocycles. The molecule has 0 bridgehead atoms. The summed E-state index contributed by atoms with van der Waals surface area (Å²) >= 11 is 1.83. The van der Waals surface area contributed by atoms with Crippen molar-refractivity contribution in [3.05, 3.63) is 0 Å². The minimum atomic E-state index is 0.418. The summed E-state index contributed by atoms with van der Waals surface area (Å²) in [5, 5.41) is 5.15. The highest BCUT2D eigenvalue weighted by molar-refractivity contribution is 8.14. The Morgan fingerprint density at radius 1 is 1.71 bits per heavy atom. The van der Waals surface area contributed by atoms with Gasteiger partial charge in [0.2, 0.25) is 0 Å². The van der Waals surface area contributed by atoms with E-state index in [9.17, 15) is 0 Å². The van der Waals surface area contributed by atoms with Gasteiger partial charge in [-0.2, -0.15) is 0 Å². The number of nitrogens with one attached hydrogen (secondary N) is 1. The SMILES string of the molecule is CCCC(COC)NC1=NCC(C)S1. The Labute approximate surface area is 90.7 Å². The average molecular weight is 216 g/mol. The van der Waals surface area contributed by atoms with Crippen LogP contribution in [0, 0.1) is 0 Å². The maximum Gasteiger partial charge on any atom is 0.157 e. The molecule has 82 valence electrons. The molecular formula is C10H20N2OS. The second kappa shape index (κ2) is 6.30. The van der Waals surface area contributed by atoms with Gasteiger partial charge in [-0.3, -0.25) is 4.99 Å². The van der Waals surface area contributed by atoms with Crippen molar-refractivity contribution in [3.63, 3.8) is 0 Å². The van der Waals surface area contributed by atoms with Gasteiger partial charge in [0.15, 0.2) is 5.17 Å². The summed E-state index contributed by atoms with van der Waals surface area (Å²) < 4.78 is 5.17. The first kappa shape index (κ1) is 11.9. The highest BCUT2D eigenvalue weighted by Gasteiger charge is 2.17. The van der Waals surface area contributed by atoms with Gasteiger partial charge in [-0.15, -0.1) is 0 Å². The van der Waals surface area contributed by atoms with E-state index in [1.807, 2.05) is 11.8 Å². The molecule has 0 aromatic rings. The molecule has 3 nitrogen and oxygen atoms in total. The predicted octanol–water partition coefficient (Wildman–Crippen LogP) is 1.88. The Morgan fingerprint density at radius 3 is 3.00 bits per heavy atom. The maximum atomic E-state index is 5.17. The molecule has 0 saturated heterocycles. The zero-order chi connectivity index (χ0) is 10.4. The largest absolute Gasteiger partial charge is 0.383 e. The molecule has 0 aromatic carbocycles. The minimum Gasteiger partial charge on any atom is -0.383 e. The monoisotopic (exact) mass is 216 g/mol. The van der Waals surface area contributed by atoms with Crippen molar-refractivity contribution in [2.24, 2.45) is 4.99 Å². The molecule has 1 N–H and O–H groups in total. The summed E-state index contributed by atoms with van der Waals surface area (Å²) in [6.45, 7) is 6.10. The third-order valence-electron chi connectivity index (χ3n) is 2.14. The summed E-state index contributed by atoms with van der Waals surface area (Å²) in [5.41, 5.74) is 0. The molecule has 0 aliphatic carbocycles. The fourth-order valence-corrected chi connectivity index (χ4v) is 2.39. The van der Waals surface area contributed by atoms with Gasteiger partial charge >= 0.3 is 0 Å². The smallest absolute Gasteiger partial charge is 0.157 e. The lowest BCUT2D eigenvalue weighted by Gasteiger charge is -2.17. The normalized spacial score (nSPS) is 23.4. The number of amidine groups is 1. The summed E-state index contributed by atoms with van der Waals surface area (Å²) in [6.07, 6.45) is 2.32. The lowest BCUT2D eigenvalue weighted by atomic mass is 10.2. The number of ether oxygens (including phenoxy) is 1. The van der Waals surface area contributed by atoms with E-state index in [1.54, 1.807) is 7.11 Å². The van der Waals surface area contributed by atoms with E-state index >= 15 is 0 Å². The van der Waals surface area contributed by atoms with Crippen LogP contribution in [-0.2, 0) is 4.74 Å². The zero-order valence-corrected chi connectivity index (χ0v) is 10.1. The van der Waals surface area contributed by atoms with Gasteiger partial charge in [-0.25, -0.2) is 0 Å². The number of nitrogens with zero attached hydrogens (tertiary/aromatic N) is 1. The van der Waals surface area contributed by atoms with Crippen LogP contribution in [0.1, 0.15) is 26.7 Å². The third-order valence-corrected chi connectivity index (χ3v) is 3.16. The summed E-state index contributed by atoms with van der Waals surface area (Å²) in [6, 6.07) is 0.418. The van der Waals surface area contributed by atoms with Crippen LogP contribution in [0.25, 0.3) is 0 Å². The van der Waals surface area contributed by atoms with Crippen molar-refractivity contribution in [2.45, 2.75) is 38.0 Å². The number of hydrogen-bond acceptors (Lipinski definition) is 4. The number of hydrogen-bond donors (Lipinski definition) is 1. The van der Waals surface area contributed by atoms with Crippen LogP contribution >= 0.6 is 11.8 Å². The first-order valence-electron chi connectivity index (χ1n) is 5.22. The van der Waals surface area contributed by atoms with E-state index in [-0.39, 0.29) is 0 Å². The summed E-state index contributed by atoms with van der Waals surface area (Å²) in [5.74, 6) is 0. The number of rotatable bonds is 5. The van der Waals surface area contributed by atoms with E-state index in [0.717, 1.165) is 24.7 Å². The van der Waals surface area contributed by atoms with Crippen LogP contribution in [0.5, 0.6) is 0 Å². The van der Waals surface area contributed by atoms with Crippen LogP contribution in [0.4, 0.5) is 0 Å². The first-order valence-corrected chi connectivity index (χ1v) is 6.10. The molecule has 1 aliphatic heterocycles. The molecule has 2 unspecified atom stereocenters. The topological polar surface area (TPSA) is 33.6 Å². The Balaban J connectivity index is 2.31. The van der Waals surface area contributed by atoms with E-state index < -0.39 is 0 Å². The van der Waals surface area contributed by atoms with Crippen LogP contribution in [-0.4, -0.2) is 36.7 Å². The molecule has 0 spiro atoms. The summed E-state index contributed by atoms with van der Waals surface area (Å²) in [7, 11) is 1.75. The molecule has 1 aliphatic rings. The second-order valence-electron chi connectivity index (χ2n) is 3.66. The van der Waals surface area contributed by atoms with Gasteiger partial charge in [-0.1, -0.05) is 32.0 Å². The van der Waals surface area contributed by atoms with Crippen LogP contribution < -0.4 is 5.32 Å². The van der Waals surface area contributed by atoms with Crippen LogP contribution in [0.15, 0.2) is 4.99 Å². The van der Waals surface area contributed by atoms with Gasteiger partial charge in [0, 0.05) is 12.4 Å². The Bertz CT molecular complexity index is 191. The van der Waals surface area contributed by atoms with Gasteiger partial charge in [-0.05, 0) is 6.42 Å². The molecule has 0 amide bonds. The van der Waals surface area contributed by atoms with Crippen molar-refractivity contribution in [3.8, 4) is 0 Å². The van der Waals surface area contributed by atoms with E-state index in [2.05, 4.69) is 24.2 Å². The predicted molar refractivity (Wildman–Crippen MR) is 63.1 cm³/mol. The van der Waals surface area contributed by atoms with Crippen LogP contribution in [0.2, 0.25) is 0 Å². The Kier molecular flexibility index (Phi) is 5.33. The zero-order valence-electron chi connectivity index (χ0n) is 9.25. The fourth-order valence-electron chi connectivity index (χ4n) is 1.48. The molecule has 1 heterocycles. The Morgan fingerprint density at radius 2 is 2.50 bits per heavy atom. The third kappa shape index (κ3) is 3.88. The molecule has 0 radical (unpaired) electrons. The van der Waals surface area contributed by atoms with Crippen molar-refractivity contribution in [1.29, 1.82) is 0 Å². The molecular weight excluding hydrogens is 196 g/mol. The average Bonchev–Trinajstić information content (AvgIpc) is 2.52. The number of thioether (sulfide) groups is 1. The van der Waals surface area contributed by atoms with Crippen molar-refractivity contribution in [1.82, 2.24) is 5.32 Å². The maximum absolute atomic E-state index is 5.17. The fraction of sp³-hybridized carbons (Fsp3) is 0.900. The molecule has 4 heteroatoms. The summed E-state index contributed by atoms with van der Waals surface area (Å²) in [4.78, 5) is 4.43. The quantitative estimate of drug-likeness (QED) is 0.762. The van der Waals surface area contributed by atoms with E-state index in [0.29, 0.717) is 11.3 Å². The van der Waals surface area contributed by atoms with E-state index in [4.69, 9.17) is 4.74 Å². The lowest BCUT2D eigenvalue weighted by molar-refractivity contribution is 0.170. The lowest BCUT2D eigenvalue weighted by Crippen LogP contribution is -2.36. The molecule has 0 fully saturated rings. The van der Waals surface area contributed by atoms with Gasteiger partial charge in [0.05, 0.1) is 19.2 Å².